The number of para-hydroxylation sites is 2. The number of hydrogen-bond acceptors (Lipinski definition) is 6. The van der Waals surface area contributed by atoms with E-state index in [-0.39, 0.29) is 18.4 Å². The summed E-state index contributed by atoms with van der Waals surface area (Å²) in [6.45, 7) is 5.49. The van der Waals surface area contributed by atoms with E-state index in [1.165, 1.54) is 0 Å². The lowest BCUT2D eigenvalue weighted by atomic mass is 10.1. The van der Waals surface area contributed by atoms with Crippen LogP contribution in [-0.2, 0) is 4.79 Å². The summed E-state index contributed by atoms with van der Waals surface area (Å²) < 4.78 is 16.5. The fraction of sp³-hybridized carbons (Fsp3) is 0.421. The first-order valence-electron chi connectivity index (χ1n) is 8.94. The van der Waals surface area contributed by atoms with Crippen LogP contribution in [0.25, 0.3) is 0 Å². The van der Waals surface area contributed by atoms with Crippen LogP contribution in [0.2, 0.25) is 0 Å². The summed E-state index contributed by atoms with van der Waals surface area (Å²) in [4.78, 5) is 28.9. The van der Waals surface area contributed by atoms with Gasteiger partial charge in [0.1, 0.15) is 17.9 Å². The molecule has 0 N–H and O–H groups in total. The van der Waals surface area contributed by atoms with Crippen LogP contribution in [-0.4, -0.2) is 65.7 Å². The van der Waals surface area contributed by atoms with Crippen molar-refractivity contribution in [2.45, 2.75) is 20.0 Å². The molecule has 27 heavy (non-hydrogen) atoms. The minimum atomic E-state index is -0.662. The predicted octanol–water partition coefficient (Wildman–Crippen LogP) is 1.42. The fourth-order valence-corrected chi connectivity index (χ4v) is 3.42. The number of carbonyl (C=O) groups is 2. The molecule has 1 aromatic carbocycles. The highest BCUT2D eigenvalue weighted by atomic mass is 16.6. The van der Waals surface area contributed by atoms with Crippen molar-refractivity contribution in [3.8, 4) is 11.5 Å². The summed E-state index contributed by atoms with van der Waals surface area (Å²) in [5.74, 6) is 1.52. The SMILES string of the molecule is Cc1noc(C)c1C(=O)N1CCN(C(=O)[C@H]2COc3ccccc3O2)CC1. The normalized spacial score (nSPS) is 19.1. The molecule has 0 bridgehead atoms. The fourth-order valence-electron chi connectivity index (χ4n) is 3.42. The molecular weight excluding hydrogens is 350 g/mol. The van der Waals surface area contributed by atoms with Gasteiger partial charge in [-0.3, -0.25) is 9.59 Å². The first kappa shape index (κ1) is 17.4. The molecule has 4 rings (SSSR count). The molecule has 2 aliphatic rings. The summed E-state index contributed by atoms with van der Waals surface area (Å²) in [5, 5.41) is 3.84. The average molecular weight is 371 g/mol. The van der Waals surface area contributed by atoms with Gasteiger partial charge in [0.2, 0.25) is 6.10 Å². The zero-order chi connectivity index (χ0) is 19.0. The zero-order valence-corrected chi connectivity index (χ0v) is 15.3. The second-order valence-electron chi connectivity index (χ2n) is 6.68. The molecule has 0 unspecified atom stereocenters. The highest BCUT2D eigenvalue weighted by molar-refractivity contribution is 5.96. The highest BCUT2D eigenvalue weighted by Gasteiger charge is 2.34. The van der Waals surface area contributed by atoms with Crippen LogP contribution in [0.3, 0.4) is 0 Å². The quantitative estimate of drug-likeness (QED) is 0.794. The minimum Gasteiger partial charge on any atom is -0.485 e. The van der Waals surface area contributed by atoms with E-state index in [0.717, 1.165) is 0 Å². The Morgan fingerprint density at radius 3 is 2.37 bits per heavy atom. The number of aryl methyl sites for hydroxylation is 2. The summed E-state index contributed by atoms with van der Waals surface area (Å²) in [7, 11) is 0. The van der Waals surface area contributed by atoms with E-state index in [9.17, 15) is 9.59 Å². The lowest BCUT2D eigenvalue weighted by molar-refractivity contribution is -0.142. The van der Waals surface area contributed by atoms with Crippen molar-refractivity contribution in [2.24, 2.45) is 0 Å². The van der Waals surface area contributed by atoms with Crippen molar-refractivity contribution in [1.29, 1.82) is 0 Å². The Balaban J connectivity index is 1.37. The van der Waals surface area contributed by atoms with Gasteiger partial charge in [-0.25, -0.2) is 0 Å². The van der Waals surface area contributed by atoms with E-state index < -0.39 is 6.10 Å². The molecular formula is C19H21N3O5. The standard InChI is InChI=1S/C19H21N3O5/c1-12-17(13(2)27-20-12)19(24)22-9-7-21(8-10-22)18(23)16-11-25-14-5-3-4-6-15(14)26-16/h3-6,16H,7-11H2,1-2H3/t16-/m1/s1. The number of aromatic nitrogens is 1. The van der Waals surface area contributed by atoms with Crippen LogP contribution in [0.5, 0.6) is 11.5 Å². The van der Waals surface area contributed by atoms with Gasteiger partial charge in [-0.15, -0.1) is 0 Å². The number of ether oxygens (including phenoxy) is 2. The van der Waals surface area contributed by atoms with Crippen LogP contribution < -0.4 is 9.47 Å². The molecule has 2 aliphatic heterocycles. The van der Waals surface area contributed by atoms with E-state index in [1.54, 1.807) is 29.7 Å². The second kappa shape index (κ2) is 6.94. The molecule has 1 aromatic heterocycles. The van der Waals surface area contributed by atoms with Crippen molar-refractivity contribution in [2.75, 3.05) is 32.8 Å². The number of benzene rings is 1. The monoisotopic (exact) mass is 371 g/mol. The smallest absolute Gasteiger partial charge is 0.267 e. The molecule has 1 fully saturated rings. The van der Waals surface area contributed by atoms with E-state index in [2.05, 4.69) is 5.16 Å². The zero-order valence-electron chi connectivity index (χ0n) is 15.3. The maximum Gasteiger partial charge on any atom is 0.267 e. The molecule has 1 atom stereocenters. The molecule has 2 aromatic rings. The number of piperazine rings is 1. The Kier molecular flexibility index (Phi) is 4.47. The van der Waals surface area contributed by atoms with Crippen molar-refractivity contribution in [3.63, 3.8) is 0 Å². The van der Waals surface area contributed by atoms with Gasteiger partial charge in [-0.1, -0.05) is 17.3 Å². The van der Waals surface area contributed by atoms with E-state index in [0.29, 0.717) is 54.7 Å². The Labute approximate surface area is 156 Å². The maximum absolute atomic E-state index is 12.8. The van der Waals surface area contributed by atoms with Crippen LogP contribution >= 0.6 is 0 Å². The summed E-state index contributed by atoms with van der Waals surface area (Å²) >= 11 is 0. The minimum absolute atomic E-state index is 0.107. The van der Waals surface area contributed by atoms with Gasteiger partial charge in [0.25, 0.3) is 11.8 Å². The third kappa shape index (κ3) is 3.22. The van der Waals surface area contributed by atoms with Gasteiger partial charge in [0.05, 0.1) is 5.69 Å². The van der Waals surface area contributed by atoms with Crippen LogP contribution in [0, 0.1) is 13.8 Å². The largest absolute Gasteiger partial charge is 0.485 e. The van der Waals surface area contributed by atoms with E-state index >= 15 is 0 Å². The number of nitrogens with zero attached hydrogens (tertiary/aromatic N) is 3. The van der Waals surface area contributed by atoms with Crippen molar-refractivity contribution >= 4 is 11.8 Å². The van der Waals surface area contributed by atoms with Crippen LogP contribution in [0.1, 0.15) is 21.8 Å². The highest BCUT2D eigenvalue weighted by Crippen LogP contribution is 2.31. The predicted molar refractivity (Wildman–Crippen MR) is 94.8 cm³/mol. The third-order valence-electron chi connectivity index (χ3n) is 4.91. The topological polar surface area (TPSA) is 85.1 Å². The number of hydrogen-bond donors (Lipinski definition) is 0. The molecule has 8 heteroatoms. The molecule has 1 saturated heterocycles. The molecule has 3 heterocycles. The first-order chi connectivity index (χ1) is 13.0. The average Bonchev–Trinajstić information content (AvgIpc) is 3.04. The molecule has 142 valence electrons. The van der Waals surface area contributed by atoms with E-state index in [1.807, 2.05) is 18.2 Å². The lowest BCUT2D eigenvalue weighted by Gasteiger charge is -2.37. The Morgan fingerprint density at radius 2 is 1.70 bits per heavy atom. The molecule has 8 nitrogen and oxygen atoms in total. The van der Waals surface area contributed by atoms with Gasteiger partial charge in [-0.05, 0) is 26.0 Å². The van der Waals surface area contributed by atoms with Crippen molar-refractivity contribution in [1.82, 2.24) is 15.0 Å². The number of rotatable bonds is 2. The van der Waals surface area contributed by atoms with Crippen LogP contribution in [0.15, 0.2) is 28.8 Å². The molecule has 0 aliphatic carbocycles. The van der Waals surface area contributed by atoms with Crippen LogP contribution in [0.4, 0.5) is 0 Å². The molecule has 0 spiro atoms. The lowest BCUT2D eigenvalue weighted by Crippen LogP contribution is -2.55. The van der Waals surface area contributed by atoms with Gasteiger partial charge >= 0.3 is 0 Å². The summed E-state index contributed by atoms with van der Waals surface area (Å²) in [6, 6.07) is 7.30. The summed E-state index contributed by atoms with van der Waals surface area (Å²) in [5.41, 5.74) is 1.10. The number of fused-ring (bicyclic) bond motifs is 1. The molecule has 2 amide bonds. The van der Waals surface area contributed by atoms with Crippen molar-refractivity contribution < 1.29 is 23.6 Å². The van der Waals surface area contributed by atoms with Gasteiger partial charge < -0.3 is 23.8 Å². The van der Waals surface area contributed by atoms with Gasteiger partial charge in [0, 0.05) is 26.2 Å². The van der Waals surface area contributed by atoms with Gasteiger partial charge in [0.15, 0.2) is 11.5 Å². The van der Waals surface area contributed by atoms with Gasteiger partial charge in [-0.2, -0.15) is 0 Å². The molecule has 0 saturated carbocycles. The van der Waals surface area contributed by atoms with Crippen molar-refractivity contribution in [3.05, 3.63) is 41.3 Å². The Hall–Kier alpha value is -3.03. The van der Waals surface area contributed by atoms with E-state index in [4.69, 9.17) is 14.0 Å². The Morgan fingerprint density at radius 1 is 1.04 bits per heavy atom. The number of carbonyl (C=O) groups excluding carboxylic acids is 2. The third-order valence-corrected chi connectivity index (χ3v) is 4.91. The maximum atomic E-state index is 12.8. The summed E-state index contributed by atoms with van der Waals surface area (Å²) in [6.07, 6.45) is -0.662. The first-order valence-corrected chi connectivity index (χ1v) is 8.94. The molecule has 0 radical (unpaired) electrons. The Bertz CT molecular complexity index is 850. The second-order valence-corrected chi connectivity index (χ2v) is 6.68. The number of amides is 2.